The molecule has 3 unspecified atom stereocenters. The van der Waals surface area contributed by atoms with Crippen molar-refractivity contribution in [2.24, 2.45) is 5.92 Å². The smallest absolute Gasteiger partial charge is 0.337 e. The molecule has 25 heteroatoms. The molecule has 1 aromatic carbocycles. The maximum absolute atomic E-state index is 13.0. The molecule has 72 heavy (non-hydrogen) atoms. The van der Waals surface area contributed by atoms with Crippen LogP contribution in [0.15, 0.2) is 36.4 Å². The van der Waals surface area contributed by atoms with Gasteiger partial charge in [0.2, 0.25) is 17.7 Å². The quantitative estimate of drug-likeness (QED) is 0.0334. The van der Waals surface area contributed by atoms with Crippen LogP contribution in [0, 0.1) is 5.92 Å². The topological polar surface area (TPSA) is 315 Å². The number of hydrogen-bond acceptors (Lipinski definition) is 20. The number of nitrogens with zero attached hydrogens (tertiary/aromatic N) is 2. The Bertz CT molecular complexity index is 2110. The molecule has 1 aromatic heterocycles. The third-order valence-electron chi connectivity index (χ3n) is 11.0. The molecule has 0 aliphatic carbocycles. The first-order valence-electron chi connectivity index (χ1n) is 23.8. The minimum atomic E-state index is -4.83. The minimum Gasteiger partial charge on any atom is -0.756 e. The second-order valence-electron chi connectivity index (χ2n) is 16.8. The molecule has 2 aliphatic heterocycles. The number of anilines is 1. The summed E-state index contributed by atoms with van der Waals surface area (Å²) in [5.74, 6) is -2.62. The molecule has 24 nitrogen and oxygen atoms in total. The Labute approximate surface area is 418 Å². The first-order valence-corrected chi connectivity index (χ1v) is 25.3. The molecule has 3 amide bonds. The van der Waals surface area contributed by atoms with Crippen LogP contribution in [-0.4, -0.2) is 168 Å². The SMILES string of the molecule is CC(=O)OCC(COP(=O)([O-])OCCNC(=O)COCCOCCNC(=O)COCCOCC(=O)Oc1ccc(C(CC(=O)O)CC2CCN(C(=O)CCc3ccc4c(n3)NCCC4)CC2)cc1)OC(C)=O. The summed E-state index contributed by atoms with van der Waals surface area (Å²) in [6.45, 7) is 2.23. The van der Waals surface area contributed by atoms with Crippen molar-refractivity contribution in [1.82, 2.24) is 20.5 Å². The Hall–Kier alpha value is -5.59. The van der Waals surface area contributed by atoms with Crippen molar-refractivity contribution in [3.63, 3.8) is 0 Å². The van der Waals surface area contributed by atoms with Gasteiger partial charge in [-0.15, -0.1) is 0 Å². The van der Waals surface area contributed by atoms with Crippen LogP contribution in [-0.2, 0) is 88.4 Å². The van der Waals surface area contributed by atoms with Gasteiger partial charge in [0, 0.05) is 58.7 Å². The Balaban J connectivity index is 0.968. The molecule has 3 atom stereocenters. The number of benzene rings is 1. The molecule has 2 aromatic rings. The number of pyridine rings is 1. The van der Waals surface area contributed by atoms with Gasteiger partial charge in [-0.05, 0) is 79.7 Å². The van der Waals surface area contributed by atoms with E-state index in [4.69, 9.17) is 38.1 Å². The third kappa shape index (κ3) is 24.7. The zero-order valence-electron chi connectivity index (χ0n) is 40.8. The highest BCUT2D eigenvalue weighted by molar-refractivity contribution is 7.45. The number of aromatic nitrogens is 1. The lowest BCUT2D eigenvalue weighted by molar-refractivity contribution is -0.228. The molecule has 0 saturated carbocycles. The third-order valence-corrected chi connectivity index (χ3v) is 12.0. The van der Waals surface area contributed by atoms with E-state index in [0.29, 0.717) is 32.4 Å². The van der Waals surface area contributed by atoms with Gasteiger partial charge in [-0.1, -0.05) is 18.2 Å². The molecule has 0 spiro atoms. The van der Waals surface area contributed by atoms with Crippen molar-refractivity contribution in [2.75, 3.05) is 111 Å². The first-order chi connectivity index (χ1) is 34.5. The number of piperidine rings is 1. The predicted octanol–water partition coefficient (Wildman–Crippen LogP) is 1.46. The van der Waals surface area contributed by atoms with E-state index in [2.05, 4.69) is 31.1 Å². The van der Waals surface area contributed by atoms with Crippen molar-refractivity contribution in [1.29, 1.82) is 0 Å². The predicted molar refractivity (Wildman–Crippen MR) is 251 cm³/mol. The number of carbonyl (C=O) groups is 7. The summed E-state index contributed by atoms with van der Waals surface area (Å²) in [6.07, 6.45) is 4.08. The normalized spacial score (nSPS) is 15.2. The number of aliphatic carboxylic acids is 1. The van der Waals surface area contributed by atoms with Gasteiger partial charge in [0.05, 0.1) is 52.7 Å². The summed E-state index contributed by atoms with van der Waals surface area (Å²) in [6, 6.07) is 10.9. The fraction of sp³-hybridized carbons (Fsp3) is 0.617. The number of rotatable bonds is 34. The molecule has 3 heterocycles. The van der Waals surface area contributed by atoms with E-state index in [1.807, 2.05) is 11.0 Å². The van der Waals surface area contributed by atoms with E-state index < -0.39 is 69.4 Å². The van der Waals surface area contributed by atoms with Gasteiger partial charge in [-0.3, -0.25) is 33.3 Å². The average molecular weight is 1040 g/mol. The molecule has 4 N–H and O–H groups in total. The summed E-state index contributed by atoms with van der Waals surface area (Å²) in [5, 5.41) is 18.0. The largest absolute Gasteiger partial charge is 0.756 e. The second-order valence-corrected chi connectivity index (χ2v) is 18.2. The Kier molecular flexibility index (Phi) is 26.6. The zero-order valence-corrected chi connectivity index (χ0v) is 41.7. The highest BCUT2D eigenvalue weighted by atomic mass is 31.2. The Morgan fingerprint density at radius 2 is 1.47 bits per heavy atom. The van der Waals surface area contributed by atoms with Crippen molar-refractivity contribution >= 4 is 55.2 Å². The summed E-state index contributed by atoms with van der Waals surface area (Å²) in [5.41, 5.74) is 2.94. The fourth-order valence-corrected chi connectivity index (χ4v) is 8.29. The van der Waals surface area contributed by atoms with Crippen molar-refractivity contribution < 1.29 is 90.3 Å². The van der Waals surface area contributed by atoms with Crippen LogP contribution in [0.2, 0.25) is 0 Å². The number of esters is 3. The van der Waals surface area contributed by atoms with E-state index in [1.54, 1.807) is 24.3 Å². The summed E-state index contributed by atoms with van der Waals surface area (Å²) >= 11 is 0. The van der Waals surface area contributed by atoms with E-state index >= 15 is 0 Å². The van der Waals surface area contributed by atoms with E-state index in [1.165, 1.54) is 5.56 Å². The fourth-order valence-electron chi connectivity index (χ4n) is 7.55. The number of carbonyl (C=O) groups excluding carboxylic acids is 6. The van der Waals surface area contributed by atoms with Crippen molar-refractivity contribution in [3.8, 4) is 5.75 Å². The highest BCUT2D eigenvalue weighted by Gasteiger charge is 2.27. The average Bonchev–Trinajstić information content (AvgIpc) is 3.34. The van der Waals surface area contributed by atoms with Gasteiger partial charge in [-0.2, -0.15) is 0 Å². The van der Waals surface area contributed by atoms with Crippen LogP contribution in [0.1, 0.15) is 75.1 Å². The number of aryl methyl sites for hydroxylation is 2. The zero-order chi connectivity index (χ0) is 52.1. The maximum Gasteiger partial charge on any atom is 0.337 e. The molecular formula is C47H67N5O19P-. The Morgan fingerprint density at radius 1 is 0.819 bits per heavy atom. The second kappa shape index (κ2) is 32.5. The minimum absolute atomic E-state index is 0.0176. The molecule has 0 bridgehead atoms. The molecule has 400 valence electrons. The van der Waals surface area contributed by atoms with E-state index in [0.717, 1.165) is 63.2 Å². The Morgan fingerprint density at radius 3 is 2.12 bits per heavy atom. The van der Waals surface area contributed by atoms with Crippen LogP contribution in [0.25, 0.3) is 0 Å². The van der Waals surface area contributed by atoms with Crippen LogP contribution < -0.4 is 25.6 Å². The van der Waals surface area contributed by atoms with E-state index in [9.17, 15) is 48.1 Å². The van der Waals surface area contributed by atoms with Crippen LogP contribution in [0.3, 0.4) is 0 Å². The molecule has 2 aliphatic rings. The van der Waals surface area contributed by atoms with Gasteiger partial charge in [-0.25, -0.2) is 9.78 Å². The summed E-state index contributed by atoms with van der Waals surface area (Å²) in [4.78, 5) is 102. The standard InChI is InChI=1S/C47H68N5O19P/c1-33(53)67-28-41(70-34(2)54)29-69-72(61,62)68-21-17-49-43(56)31-64-23-22-63-20-16-48-42(55)30-65-24-25-66-32-46(60)71-40-10-6-36(7-11-40)38(27-45(58)59)26-35-13-18-52(19-14-35)44(57)12-9-39-8-5-37-4-3-15-50-47(37)51-39/h5-8,10-11,35,38,41H,3-4,9,12-32H2,1-2H3,(H,48,55)(H,49,56)(H,50,51)(H,58,59)(H,61,62)/p-1. The number of ether oxygens (including phenoxy) is 7. The molecule has 4 rings (SSSR count). The number of hydrogen-bond donors (Lipinski definition) is 4. The number of phosphoric ester groups is 1. The van der Waals surface area contributed by atoms with Gasteiger partial charge in [0.25, 0.3) is 7.82 Å². The lowest BCUT2D eigenvalue weighted by atomic mass is 9.82. The van der Waals surface area contributed by atoms with Gasteiger partial charge < -0.3 is 73.1 Å². The summed E-state index contributed by atoms with van der Waals surface area (Å²) < 4.78 is 57.3. The van der Waals surface area contributed by atoms with Gasteiger partial charge >= 0.3 is 23.9 Å². The lowest BCUT2D eigenvalue weighted by Crippen LogP contribution is -2.39. The van der Waals surface area contributed by atoms with Crippen LogP contribution in [0.5, 0.6) is 5.75 Å². The van der Waals surface area contributed by atoms with Crippen molar-refractivity contribution in [3.05, 3.63) is 53.2 Å². The van der Waals surface area contributed by atoms with Gasteiger partial charge in [0.1, 0.15) is 38.0 Å². The number of amides is 3. The van der Waals surface area contributed by atoms with Crippen LogP contribution >= 0.6 is 7.82 Å². The number of fused-ring (bicyclic) bond motifs is 1. The molecule has 1 fully saturated rings. The maximum atomic E-state index is 13.0. The van der Waals surface area contributed by atoms with Gasteiger partial charge in [0.15, 0.2) is 6.10 Å². The number of carboxylic acids is 1. The lowest BCUT2D eigenvalue weighted by Gasteiger charge is -2.33. The monoisotopic (exact) mass is 1040 g/mol. The molecule has 0 radical (unpaired) electrons. The number of carboxylic acid groups (broad SMARTS) is 1. The van der Waals surface area contributed by atoms with Crippen LogP contribution in [0.4, 0.5) is 5.82 Å². The summed E-state index contributed by atoms with van der Waals surface area (Å²) in [7, 11) is -4.83. The molecule has 1 saturated heterocycles. The highest BCUT2D eigenvalue weighted by Crippen LogP contribution is 2.38. The van der Waals surface area contributed by atoms with Crippen molar-refractivity contribution in [2.45, 2.75) is 77.2 Å². The number of likely N-dealkylation sites (tertiary alicyclic amines) is 1. The molecular weight excluding hydrogens is 970 g/mol. The van der Waals surface area contributed by atoms with E-state index in [-0.39, 0.29) is 95.9 Å². The first kappa shape index (κ1) is 59.0. The number of phosphoric acid groups is 1. The number of nitrogens with one attached hydrogen (secondary N) is 3.